The molecule has 0 saturated heterocycles. The molecule has 45 heavy (non-hydrogen) atoms. The van der Waals surface area contributed by atoms with Crippen LogP contribution in [0, 0.1) is 5.41 Å². The second-order valence-corrected chi connectivity index (χ2v) is 23.6. The average Bonchev–Trinajstić information content (AvgIpc) is 3.09. The van der Waals surface area contributed by atoms with Gasteiger partial charge in [0, 0.05) is 120 Å². The van der Waals surface area contributed by atoms with E-state index in [1.54, 1.807) is 85.3 Å². The van der Waals surface area contributed by atoms with Gasteiger partial charge < -0.3 is 64.6 Å². The van der Waals surface area contributed by atoms with Gasteiger partial charge >= 0.3 is 35.2 Å². The van der Waals surface area contributed by atoms with E-state index in [9.17, 15) is 0 Å². The molecule has 18 heteroatoms. The summed E-state index contributed by atoms with van der Waals surface area (Å²) in [5, 5.41) is 0. The standard InChI is InChI=1S/C27H66N2O12Si4/c1-30-42(31-2,32-3)21-13-17-26(25-28,18-14-22-43(33-4,34-5)35-6)27(29,19-15-23-44(36-7,37-8)38-9)20-16-24-45(39-10,40-11)41-12/h13-25,28-29H2,1-12H3. The largest absolute Gasteiger partial charge is 0.500 e. The average molecular weight is 723 g/mol. The first-order valence-electron chi connectivity index (χ1n) is 15.5. The Morgan fingerprint density at radius 2 is 0.578 bits per heavy atom. The third-order valence-electron chi connectivity index (χ3n) is 9.67. The van der Waals surface area contributed by atoms with Crippen molar-refractivity contribution < 1.29 is 53.1 Å². The highest BCUT2D eigenvalue weighted by Crippen LogP contribution is 2.46. The summed E-state index contributed by atoms with van der Waals surface area (Å²) >= 11 is 0. The molecular formula is C27H66N2O12Si4. The van der Waals surface area contributed by atoms with Crippen LogP contribution in [0.15, 0.2) is 0 Å². The zero-order valence-corrected chi connectivity index (χ0v) is 34.2. The Kier molecular flexibility index (Phi) is 22.3. The van der Waals surface area contributed by atoms with Gasteiger partial charge in [-0.15, -0.1) is 0 Å². The molecule has 272 valence electrons. The fraction of sp³-hybridized carbons (Fsp3) is 1.00. The first kappa shape index (κ1) is 45.3. The number of rotatable bonds is 30. The van der Waals surface area contributed by atoms with Gasteiger partial charge in [-0.3, -0.25) is 0 Å². The summed E-state index contributed by atoms with van der Waals surface area (Å²) in [5.41, 5.74) is 13.2. The third-order valence-corrected chi connectivity index (χ3v) is 21.0. The minimum absolute atomic E-state index is 0.370. The van der Waals surface area contributed by atoms with Crippen LogP contribution in [0.1, 0.15) is 51.4 Å². The molecule has 0 atom stereocenters. The van der Waals surface area contributed by atoms with Crippen LogP contribution in [0.2, 0.25) is 24.2 Å². The van der Waals surface area contributed by atoms with Crippen LogP contribution in [0.3, 0.4) is 0 Å². The van der Waals surface area contributed by atoms with Crippen molar-refractivity contribution in [1.29, 1.82) is 0 Å². The molecular weight excluding hydrogens is 657 g/mol. The van der Waals surface area contributed by atoms with Gasteiger partial charge in [0.2, 0.25) is 0 Å². The lowest BCUT2D eigenvalue weighted by atomic mass is 9.61. The van der Waals surface area contributed by atoms with Gasteiger partial charge in [-0.2, -0.15) is 0 Å². The Hall–Kier alpha value is 0.308. The second kappa shape index (κ2) is 22.1. The van der Waals surface area contributed by atoms with Crippen molar-refractivity contribution in [3.63, 3.8) is 0 Å². The Balaban J connectivity index is 6.65. The van der Waals surface area contributed by atoms with Crippen molar-refractivity contribution in [2.75, 3.05) is 91.9 Å². The zero-order valence-electron chi connectivity index (χ0n) is 30.2. The summed E-state index contributed by atoms with van der Waals surface area (Å²) in [6.07, 6.45) is 5.74. The Morgan fingerprint density at radius 1 is 0.378 bits per heavy atom. The second-order valence-electron chi connectivity index (χ2n) is 11.2. The molecule has 14 nitrogen and oxygen atoms in total. The maximum atomic E-state index is 7.63. The van der Waals surface area contributed by atoms with Crippen molar-refractivity contribution in [2.24, 2.45) is 16.9 Å². The highest BCUT2D eigenvalue weighted by Gasteiger charge is 2.50. The van der Waals surface area contributed by atoms with Crippen molar-refractivity contribution in [1.82, 2.24) is 0 Å². The van der Waals surface area contributed by atoms with Crippen LogP contribution < -0.4 is 11.5 Å². The van der Waals surface area contributed by atoms with Gasteiger partial charge in [-0.25, -0.2) is 0 Å². The molecule has 0 aliphatic rings. The molecule has 0 bridgehead atoms. The number of nitrogens with two attached hydrogens (primary N) is 2. The van der Waals surface area contributed by atoms with Crippen molar-refractivity contribution in [2.45, 2.75) is 81.1 Å². The Morgan fingerprint density at radius 3 is 0.756 bits per heavy atom. The quantitative estimate of drug-likeness (QED) is 0.104. The molecule has 0 saturated carbocycles. The minimum Gasteiger partial charge on any atom is -0.377 e. The maximum Gasteiger partial charge on any atom is 0.500 e. The maximum absolute atomic E-state index is 7.63. The minimum atomic E-state index is -2.82. The fourth-order valence-corrected chi connectivity index (χ4v) is 13.3. The van der Waals surface area contributed by atoms with Crippen LogP contribution in [0.5, 0.6) is 0 Å². The van der Waals surface area contributed by atoms with Gasteiger partial charge in [0.05, 0.1) is 0 Å². The topological polar surface area (TPSA) is 163 Å². The van der Waals surface area contributed by atoms with E-state index in [0.29, 0.717) is 43.6 Å². The van der Waals surface area contributed by atoms with E-state index in [1.165, 1.54) is 0 Å². The number of hydrogen-bond acceptors (Lipinski definition) is 14. The molecule has 0 aromatic carbocycles. The molecule has 0 aromatic heterocycles. The van der Waals surface area contributed by atoms with E-state index in [2.05, 4.69) is 0 Å². The van der Waals surface area contributed by atoms with Gasteiger partial charge in [0.1, 0.15) is 0 Å². The first-order valence-corrected chi connectivity index (χ1v) is 23.2. The SMILES string of the molecule is CO[Si](CCCC(N)(CCC[Si](OC)(OC)OC)C(CN)(CCC[Si](OC)(OC)OC)CCC[Si](OC)(OC)OC)(OC)OC. The van der Waals surface area contributed by atoms with E-state index >= 15 is 0 Å². The summed E-state index contributed by atoms with van der Waals surface area (Å²) < 4.78 is 68.7. The molecule has 0 heterocycles. The molecule has 0 rings (SSSR count). The van der Waals surface area contributed by atoms with Crippen LogP contribution in [-0.2, 0) is 53.1 Å². The highest BCUT2D eigenvalue weighted by molar-refractivity contribution is 6.61. The molecule has 0 unspecified atom stereocenters. The fourth-order valence-electron chi connectivity index (χ4n) is 6.44. The van der Waals surface area contributed by atoms with E-state index in [0.717, 1.165) is 38.5 Å². The number of hydrogen-bond donors (Lipinski definition) is 2. The van der Waals surface area contributed by atoms with Gasteiger partial charge in [-0.05, 0) is 57.9 Å². The van der Waals surface area contributed by atoms with Gasteiger partial charge in [0.25, 0.3) is 0 Å². The Bertz CT molecular complexity index is 676. The Labute approximate surface area is 277 Å². The molecule has 4 N–H and O–H groups in total. The third kappa shape index (κ3) is 12.3. The lowest BCUT2D eigenvalue weighted by Gasteiger charge is -2.50. The molecule has 0 radical (unpaired) electrons. The summed E-state index contributed by atoms with van der Waals surface area (Å²) in [5.74, 6) is 0. The van der Waals surface area contributed by atoms with Crippen molar-refractivity contribution in [3.05, 3.63) is 0 Å². The zero-order chi connectivity index (χ0) is 34.7. The van der Waals surface area contributed by atoms with Crippen LogP contribution in [0.4, 0.5) is 0 Å². The van der Waals surface area contributed by atoms with Gasteiger partial charge in [0.15, 0.2) is 0 Å². The predicted octanol–water partition coefficient (Wildman–Crippen LogP) is 3.26. The lowest BCUT2D eigenvalue weighted by molar-refractivity contribution is 0.0663. The van der Waals surface area contributed by atoms with Crippen LogP contribution in [0.25, 0.3) is 0 Å². The molecule has 0 spiro atoms. The molecule has 0 fully saturated rings. The highest BCUT2D eigenvalue weighted by atomic mass is 28.4. The van der Waals surface area contributed by atoms with Gasteiger partial charge in [-0.1, -0.05) is 0 Å². The normalized spacial score (nSPS) is 14.0. The monoisotopic (exact) mass is 722 g/mol. The molecule has 0 aliphatic carbocycles. The molecule has 0 amide bonds. The first-order chi connectivity index (χ1) is 21.4. The van der Waals surface area contributed by atoms with Crippen molar-refractivity contribution in [3.8, 4) is 0 Å². The van der Waals surface area contributed by atoms with Crippen molar-refractivity contribution >= 4 is 35.2 Å². The van der Waals surface area contributed by atoms with E-state index in [4.69, 9.17) is 64.6 Å². The summed E-state index contributed by atoms with van der Waals surface area (Å²) in [7, 11) is 8.22. The van der Waals surface area contributed by atoms with E-state index in [-0.39, 0.29) is 0 Å². The summed E-state index contributed by atoms with van der Waals surface area (Å²) in [4.78, 5) is 0. The summed E-state index contributed by atoms with van der Waals surface area (Å²) in [6.45, 7) is 0.370. The van der Waals surface area contributed by atoms with Crippen LogP contribution in [-0.4, -0.2) is 133 Å². The van der Waals surface area contributed by atoms with E-state index < -0.39 is 46.2 Å². The predicted molar refractivity (Wildman–Crippen MR) is 182 cm³/mol. The van der Waals surface area contributed by atoms with E-state index in [1.807, 2.05) is 0 Å². The lowest BCUT2D eigenvalue weighted by Crippen LogP contribution is -2.60. The smallest absolute Gasteiger partial charge is 0.377 e. The molecule has 0 aliphatic heterocycles. The van der Waals surface area contributed by atoms with Crippen LogP contribution >= 0.6 is 0 Å². The summed E-state index contributed by atoms with van der Waals surface area (Å²) in [6, 6.07) is 2.48. The molecule has 0 aromatic rings.